The van der Waals surface area contributed by atoms with E-state index in [2.05, 4.69) is 10.4 Å². The SMILES string of the molecule is COc1cc(-c2cnco2)ccc1NN. The molecule has 2 rings (SSSR count). The monoisotopic (exact) mass is 205 g/mol. The number of anilines is 1. The summed E-state index contributed by atoms with van der Waals surface area (Å²) in [5.74, 6) is 6.68. The molecule has 0 aliphatic carbocycles. The second kappa shape index (κ2) is 4.02. The molecular formula is C10H11N3O2. The highest BCUT2D eigenvalue weighted by Gasteiger charge is 2.06. The van der Waals surface area contributed by atoms with Gasteiger partial charge in [-0.3, -0.25) is 5.84 Å². The van der Waals surface area contributed by atoms with Gasteiger partial charge in [0.1, 0.15) is 5.75 Å². The van der Waals surface area contributed by atoms with Crippen LogP contribution in [-0.4, -0.2) is 12.1 Å². The third-order valence-electron chi connectivity index (χ3n) is 2.07. The number of rotatable bonds is 3. The summed E-state index contributed by atoms with van der Waals surface area (Å²) in [6.45, 7) is 0. The number of hydrazine groups is 1. The largest absolute Gasteiger partial charge is 0.495 e. The predicted molar refractivity (Wildman–Crippen MR) is 56.3 cm³/mol. The lowest BCUT2D eigenvalue weighted by atomic mass is 10.1. The van der Waals surface area contributed by atoms with Crippen LogP contribution in [-0.2, 0) is 0 Å². The molecule has 15 heavy (non-hydrogen) atoms. The Hall–Kier alpha value is -2.01. The minimum atomic E-state index is 0.659. The fourth-order valence-corrected chi connectivity index (χ4v) is 1.32. The van der Waals surface area contributed by atoms with Crippen LogP contribution < -0.4 is 16.0 Å². The summed E-state index contributed by atoms with van der Waals surface area (Å²) in [7, 11) is 1.58. The van der Waals surface area contributed by atoms with E-state index in [1.54, 1.807) is 13.3 Å². The van der Waals surface area contributed by atoms with E-state index in [9.17, 15) is 0 Å². The molecule has 1 heterocycles. The van der Waals surface area contributed by atoms with Crippen LogP contribution in [0.3, 0.4) is 0 Å². The molecule has 0 bridgehead atoms. The smallest absolute Gasteiger partial charge is 0.181 e. The summed E-state index contributed by atoms with van der Waals surface area (Å²) in [5.41, 5.74) is 4.16. The third-order valence-corrected chi connectivity index (χ3v) is 2.07. The number of methoxy groups -OCH3 is 1. The van der Waals surface area contributed by atoms with Crippen LogP contribution in [0.15, 0.2) is 35.2 Å². The molecule has 0 fully saturated rings. The molecule has 0 unspecified atom stereocenters. The van der Waals surface area contributed by atoms with E-state index in [0.717, 1.165) is 11.3 Å². The average Bonchev–Trinajstić information content (AvgIpc) is 2.81. The van der Waals surface area contributed by atoms with Gasteiger partial charge >= 0.3 is 0 Å². The summed E-state index contributed by atoms with van der Waals surface area (Å²) in [6, 6.07) is 5.52. The highest BCUT2D eigenvalue weighted by Crippen LogP contribution is 2.29. The number of nitrogens with zero attached hydrogens (tertiary/aromatic N) is 1. The number of benzene rings is 1. The number of nitrogen functional groups attached to an aromatic ring is 1. The van der Waals surface area contributed by atoms with Crippen molar-refractivity contribution < 1.29 is 9.15 Å². The second-order valence-electron chi connectivity index (χ2n) is 2.93. The molecule has 0 saturated heterocycles. The third kappa shape index (κ3) is 1.77. The van der Waals surface area contributed by atoms with E-state index in [0.29, 0.717) is 11.5 Å². The lowest BCUT2D eigenvalue weighted by Gasteiger charge is -2.08. The Labute approximate surface area is 86.8 Å². The molecule has 0 aliphatic heterocycles. The zero-order chi connectivity index (χ0) is 10.7. The van der Waals surface area contributed by atoms with Crippen LogP contribution in [0, 0.1) is 0 Å². The summed E-state index contributed by atoms with van der Waals surface area (Å²) < 4.78 is 10.3. The Kier molecular flexibility index (Phi) is 2.55. The zero-order valence-electron chi connectivity index (χ0n) is 8.23. The summed E-state index contributed by atoms with van der Waals surface area (Å²) in [6.07, 6.45) is 3.03. The fraction of sp³-hybridized carbons (Fsp3) is 0.100. The van der Waals surface area contributed by atoms with E-state index in [1.165, 1.54) is 6.39 Å². The number of nitrogens with one attached hydrogen (secondary N) is 1. The summed E-state index contributed by atoms with van der Waals surface area (Å²) in [5, 5.41) is 0. The molecule has 1 aromatic carbocycles. The molecule has 1 aromatic heterocycles. The van der Waals surface area contributed by atoms with Crippen molar-refractivity contribution in [3.8, 4) is 17.1 Å². The van der Waals surface area contributed by atoms with Gasteiger partial charge in [-0.2, -0.15) is 0 Å². The van der Waals surface area contributed by atoms with Gasteiger partial charge in [0.2, 0.25) is 0 Å². The van der Waals surface area contributed by atoms with Crippen molar-refractivity contribution in [3.05, 3.63) is 30.8 Å². The first-order valence-corrected chi connectivity index (χ1v) is 4.38. The Morgan fingerprint density at radius 3 is 2.93 bits per heavy atom. The molecular weight excluding hydrogens is 194 g/mol. The molecule has 0 spiro atoms. The van der Waals surface area contributed by atoms with Crippen molar-refractivity contribution in [1.29, 1.82) is 0 Å². The Bertz CT molecular complexity index is 440. The van der Waals surface area contributed by atoms with Crippen LogP contribution in [0.1, 0.15) is 0 Å². The van der Waals surface area contributed by atoms with Crippen molar-refractivity contribution in [1.82, 2.24) is 4.98 Å². The van der Waals surface area contributed by atoms with Crippen molar-refractivity contribution in [3.63, 3.8) is 0 Å². The van der Waals surface area contributed by atoms with Crippen LogP contribution in [0.2, 0.25) is 0 Å². The molecule has 2 aromatic rings. The summed E-state index contributed by atoms with van der Waals surface area (Å²) >= 11 is 0. The van der Waals surface area contributed by atoms with E-state index in [1.807, 2.05) is 18.2 Å². The number of aromatic nitrogens is 1. The maximum absolute atomic E-state index is 5.33. The highest BCUT2D eigenvalue weighted by atomic mass is 16.5. The first-order chi connectivity index (χ1) is 7.35. The standard InChI is InChI=1S/C10H11N3O2/c1-14-9-4-7(2-3-8(9)13-11)10-5-12-6-15-10/h2-6,13H,11H2,1H3. The van der Waals surface area contributed by atoms with Crippen molar-refractivity contribution in [2.75, 3.05) is 12.5 Å². The van der Waals surface area contributed by atoms with Gasteiger partial charge in [-0.25, -0.2) is 4.98 Å². The first-order valence-electron chi connectivity index (χ1n) is 4.38. The highest BCUT2D eigenvalue weighted by molar-refractivity contribution is 5.67. The van der Waals surface area contributed by atoms with Gasteiger partial charge in [0.25, 0.3) is 0 Å². The molecule has 78 valence electrons. The number of oxazole rings is 1. The Morgan fingerprint density at radius 2 is 2.33 bits per heavy atom. The molecule has 0 aliphatic rings. The van der Waals surface area contributed by atoms with Crippen molar-refractivity contribution in [2.24, 2.45) is 5.84 Å². The number of hydrogen-bond donors (Lipinski definition) is 2. The quantitative estimate of drug-likeness (QED) is 0.588. The zero-order valence-corrected chi connectivity index (χ0v) is 8.23. The molecule has 0 atom stereocenters. The van der Waals surface area contributed by atoms with E-state index in [4.69, 9.17) is 15.0 Å². The van der Waals surface area contributed by atoms with Crippen LogP contribution in [0.25, 0.3) is 11.3 Å². The predicted octanol–water partition coefficient (Wildman–Crippen LogP) is 1.64. The fourth-order valence-electron chi connectivity index (χ4n) is 1.32. The van der Waals surface area contributed by atoms with Gasteiger partial charge in [0.05, 0.1) is 19.0 Å². The Balaban J connectivity index is 2.43. The van der Waals surface area contributed by atoms with Gasteiger partial charge in [0, 0.05) is 5.56 Å². The van der Waals surface area contributed by atoms with Crippen LogP contribution in [0.5, 0.6) is 5.75 Å². The number of nitrogens with two attached hydrogens (primary N) is 1. The molecule has 3 N–H and O–H groups in total. The maximum Gasteiger partial charge on any atom is 0.181 e. The number of ether oxygens (including phenoxy) is 1. The lowest BCUT2D eigenvalue weighted by molar-refractivity contribution is 0.416. The molecule has 0 saturated carbocycles. The normalized spacial score (nSPS) is 10.0. The molecule has 5 heteroatoms. The summed E-state index contributed by atoms with van der Waals surface area (Å²) in [4.78, 5) is 3.85. The van der Waals surface area contributed by atoms with Gasteiger partial charge in [-0.1, -0.05) is 0 Å². The molecule has 5 nitrogen and oxygen atoms in total. The van der Waals surface area contributed by atoms with Gasteiger partial charge in [-0.15, -0.1) is 0 Å². The number of hydrogen-bond acceptors (Lipinski definition) is 5. The van der Waals surface area contributed by atoms with E-state index >= 15 is 0 Å². The minimum Gasteiger partial charge on any atom is -0.495 e. The Morgan fingerprint density at radius 1 is 1.47 bits per heavy atom. The first kappa shape index (κ1) is 9.54. The van der Waals surface area contributed by atoms with E-state index < -0.39 is 0 Å². The van der Waals surface area contributed by atoms with Crippen LogP contribution in [0.4, 0.5) is 5.69 Å². The lowest BCUT2D eigenvalue weighted by Crippen LogP contribution is -2.07. The van der Waals surface area contributed by atoms with Crippen LogP contribution >= 0.6 is 0 Å². The van der Waals surface area contributed by atoms with Gasteiger partial charge in [-0.05, 0) is 18.2 Å². The van der Waals surface area contributed by atoms with Gasteiger partial charge in [0.15, 0.2) is 12.2 Å². The topological polar surface area (TPSA) is 73.3 Å². The molecule has 0 radical (unpaired) electrons. The van der Waals surface area contributed by atoms with Gasteiger partial charge < -0.3 is 14.6 Å². The second-order valence-corrected chi connectivity index (χ2v) is 2.93. The maximum atomic E-state index is 5.33. The molecule has 0 amide bonds. The average molecular weight is 205 g/mol. The van der Waals surface area contributed by atoms with E-state index in [-0.39, 0.29) is 0 Å². The van der Waals surface area contributed by atoms with Crippen molar-refractivity contribution >= 4 is 5.69 Å². The minimum absolute atomic E-state index is 0.659. The van der Waals surface area contributed by atoms with Crippen molar-refractivity contribution in [2.45, 2.75) is 0 Å².